The van der Waals surface area contributed by atoms with E-state index in [0.29, 0.717) is 5.82 Å². The molecule has 102 valence electrons. The Morgan fingerprint density at radius 3 is 2.60 bits per heavy atom. The van der Waals surface area contributed by atoms with Gasteiger partial charge >= 0.3 is 0 Å². The summed E-state index contributed by atoms with van der Waals surface area (Å²) in [5.74, 6) is 0.705. The summed E-state index contributed by atoms with van der Waals surface area (Å²) in [5.41, 5.74) is 10.6. The SMILES string of the molecule is Cc1cccc(-c2c(-c3ccc(C)s3)nn(C)c2N)c1. The van der Waals surface area contributed by atoms with Crippen LogP contribution in [0.4, 0.5) is 5.82 Å². The number of thiophene rings is 1. The lowest BCUT2D eigenvalue weighted by Gasteiger charge is -2.04. The van der Waals surface area contributed by atoms with Crippen LogP contribution in [0.2, 0.25) is 0 Å². The van der Waals surface area contributed by atoms with Crippen LogP contribution in [-0.2, 0) is 7.05 Å². The molecule has 0 radical (unpaired) electrons. The fourth-order valence-corrected chi connectivity index (χ4v) is 3.22. The van der Waals surface area contributed by atoms with E-state index in [1.54, 1.807) is 16.0 Å². The zero-order valence-corrected chi connectivity index (χ0v) is 12.7. The molecule has 0 saturated carbocycles. The van der Waals surface area contributed by atoms with Gasteiger partial charge in [-0.3, -0.25) is 4.68 Å². The third-order valence-electron chi connectivity index (χ3n) is 3.37. The predicted octanol–water partition coefficient (Wildman–Crippen LogP) is 4.01. The molecule has 0 spiro atoms. The summed E-state index contributed by atoms with van der Waals surface area (Å²) in [4.78, 5) is 2.44. The van der Waals surface area contributed by atoms with E-state index in [2.05, 4.69) is 55.3 Å². The molecular weight excluding hydrogens is 266 g/mol. The Morgan fingerprint density at radius 2 is 1.95 bits per heavy atom. The molecule has 0 bridgehead atoms. The van der Waals surface area contributed by atoms with Crippen LogP contribution in [0, 0.1) is 13.8 Å². The molecule has 20 heavy (non-hydrogen) atoms. The lowest BCUT2D eigenvalue weighted by Crippen LogP contribution is -1.98. The Bertz CT molecular complexity index is 768. The van der Waals surface area contributed by atoms with Gasteiger partial charge in [0.2, 0.25) is 0 Å². The highest BCUT2D eigenvalue weighted by molar-refractivity contribution is 7.15. The second-order valence-electron chi connectivity index (χ2n) is 5.01. The van der Waals surface area contributed by atoms with Crippen LogP contribution in [0.5, 0.6) is 0 Å². The van der Waals surface area contributed by atoms with Crippen LogP contribution < -0.4 is 5.73 Å². The standard InChI is InChI=1S/C16H17N3S/c1-10-5-4-6-12(9-10)14-15(18-19(3)16(14)17)13-8-7-11(2)20-13/h4-9H,17H2,1-3H3. The number of hydrogen-bond donors (Lipinski definition) is 1. The van der Waals surface area contributed by atoms with Gasteiger partial charge in [0.15, 0.2) is 0 Å². The highest BCUT2D eigenvalue weighted by atomic mass is 32.1. The van der Waals surface area contributed by atoms with Crippen molar-refractivity contribution in [3.05, 3.63) is 46.8 Å². The summed E-state index contributed by atoms with van der Waals surface area (Å²) in [6.45, 7) is 4.19. The maximum atomic E-state index is 6.23. The third-order valence-corrected chi connectivity index (χ3v) is 4.38. The highest BCUT2D eigenvalue weighted by Gasteiger charge is 2.18. The van der Waals surface area contributed by atoms with Crippen molar-refractivity contribution in [1.82, 2.24) is 9.78 Å². The van der Waals surface area contributed by atoms with Crippen LogP contribution in [-0.4, -0.2) is 9.78 Å². The lowest BCUT2D eigenvalue weighted by atomic mass is 10.0. The van der Waals surface area contributed by atoms with Crippen molar-refractivity contribution in [2.24, 2.45) is 7.05 Å². The van der Waals surface area contributed by atoms with E-state index in [4.69, 9.17) is 5.73 Å². The predicted molar refractivity (Wildman–Crippen MR) is 85.8 cm³/mol. The van der Waals surface area contributed by atoms with Gasteiger partial charge in [0.25, 0.3) is 0 Å². The number of benzene rings is 1. The van der Waals surface area contributed by atoms with Gasteiger partial charge < -0.3 is 5.73 Å². The minimum Gasteiger partial charge on any atom is -0.383 e. The molecule has 0 amide bonds. The van der Waals surface area contributed by atoms with E-state index in [0.717, 1.165) is 21.7 Å². The number of aromatic nitrogens is 2. The number of nitrogen functional groups attached to an aromatic ring is 1. The average molecular weight is 283 g/mol. The van der Waals surface area contributed by atoms with E-state index in [9.17, 15) is 0 Å². The first-order valence-electron chi connectivity index (χ1n) is 6.52. The first-order valence-corrected chi connectivity index (χ1v) is 7.34. The molecule has 0 atom stereocenters. The van der Waals surface area contributed by atoms with E-state index < -0.39 is 0 Å². The van der Waals surface area contributed by atoms with Crippen molar-refractivity contribution in [1.29, 1.82) is 0 Å². The quantitative estimate of drug-likeness (QED) is 0.772. The van der Waals surface area contributed by atoms with Gasteiger partial charge in [0.05, 0.1) is 10.4 Å². The second kappa shape index (κ2) is 4.80. The Morgan fingerprint density at radius 1 is 1.15 bits per heavy atom. The lowest BCUT2D eigenvalue weighted by molar-refractivity contribution is 0.783. The molecule has 0 aliphatic rings. The van der Waals surface area contributed by atoms with Crippen molar-refractivity contribution >= 4 is 17.2 Å². The molecule has 1 aromatic carbocycles. The summed E-state index contributed by atoms with van der Waals surface area (Å²) in [6.07, 6.45) is 0. The normalized spacial score (nSPS) is 10.9. The van der Waals surface area contributed by atoms with Crippen LogP contribution >= 0.6 is 11.3 Å². The molecule has 3 nitrogen and oxygen atoms in total. The molecule has 0 fully saturated rings. The molecular formula is C16H17N3S. The summed E-state index contributed by atoms with van der Waals surface area (Å²) in [5, 5.41) is 4.60. The van der Waals surface area contributed by atoms with Crippen LogP contribution in [0.15, 0.2) is 36.4 Å². The first-order chi connectivity index (χ1) is 9.56. The maximum Gasteiger partial charge on any atom is 0.129 e. The van der Waals surface area contributed by atoms with Gasteiger partial charge in [-0.05, 0) is 31.5 Å². The highest BCUT2D eigenvalue weighted by Crippen LogP contribution is 2.38. The molecule has 2 N–H and O–H groups in total. The summed E-state index contributed by atoms with van der Waals surface area (Å²) in [7, 11) is 1.89. The van der Waals surface area contributed by atoms with Crippen molar-refractivity contribution < 1.29 is 0 Å². The van der Waals surface area contributed by atoms with Gasteiger partial charge in [-0.1, -0.05) is 29.8 Å². The molecule has 0 aliphatic heterocycles. The Balaban J connectivity index is 2.24. The largest absolute Gasteiger partial charge is 0.383 e. The molecule has 2 heterocycles. The number of anilines is 1. The van der Waals surface area contributed by atoms with Gasteiger partial charge in [0.1, 0.15) is 11.5 Å². The fraction of sp³-hybridized carbons (Fsp3) is 0.188. The molecule has 0 aliphatic carbocycles. The van der Waals surface area contributed by atoms with Gasteiger partial charge in [-0.25, -0.2) is 0 Å². The van der Waals surface area contributed by atoms with Crippen LogP contribution in [0.3, 0.4) is 0 Å². The zero-order valence-electron chi connectivity index (χ0n) is 11.8. The van der Waals surface area contributed by atoms with Gasteiger partial charge in [0, 0.05) is 11.9 Å². The number of nitrogens with zero attached hydrogens (tertiary/aromatic N) is 2. The molecule has 0 saturated heterocycles. The number of aryl methyl sites for hydroxylation is 3. The number of hydrogen-bond acceptors (Lipinski definition) is 3. The third kappa shape index (κ3) is 2.12. The molecule has 3 rings (SSSR count). The second-order valence-corrected chi connectivity index (χ2v) is 6.30. The summed E-state index contributed by atoms with van der Waals surface area (Å²) in [6, 6.07) is 12.6. The average Bonchev–Trinajstić information content (AvgIpc) is 2.95. The smallest absolute Gasteiger partial charge is 0.129 e. The Labute approximate surface area is 122 Å². The van der Waals surface area contributed by atoms with E-state index in [1.165, 1.54) is 10.4 Å². The Hall–Kier alpha value is -2.07. The van der Waals surface area contributed by atoms with Crippen molar-refractivity contribution in [2.45, 2.75) is 13.8 Å². The van der Waals surface area contributed by atoms with Crippen molar-refractivity contribution in [3.8, 4) is 21.7 Å². The van der Waals surface area contributed by atoms with Gasteiger partial charge in [-0.15, -0.1) is 11.3 Å². The Kier molecular flexibility index (Phi) is 3.10. The monoisotopic (exact) mass is 283 g/mol. The van der Waals surface area contributed by atoms with Crippen molar-refractivity contribution in [3.63, 3.8) is 0 Å². The van der Waals surface area contributed by atoms with Crippen molar-refractivity contribution in [2.75, 3.05) is 5.73 Å². The maximum absolute atomic E-state index is 6.23. The minimum atomic E-state index is 0.705. The number of nitrogens with two attached hydrogens (primary N) is 1. The summed E-state index contributed by atoms with van der Waals surface area (Å²) >= 11 is 1.74. The fourth-order valence-electron chi connectivity index (χ4n) is 2.36. The molecule has 4 heteroatoms. The van der Waals surface area contributed by atoms with E-state index in [-0.39, 0.29) is 0 Å². The summed E-state index contributed by atoms with van der Waals surface area (Å²) < 4.78 is 1.75. The topological polar surface area (TPSA) is 43.8 Å². The molecule has 2 aromatic heterocycles. The van der Waals surface area contributed by atoms with E-state index >= 15 is 0 Å². The number of rotatable bonds is 2. The van der Waals surface area contributed by atoms with Crippen LogP contribution in [0.25, 0.3) is 21.7 Å². The van der Waals surface area contributed by atoms with Crippen LogP contribution in [0.1, 0.15) is 10.4 Å². The minimum absolute atomic E-state index is 0.705. The zero-order chi connectivity index (χ0) is 14.3. The molecule has 3 aromatic rings. The van der Waals surface area contributed by atoms with E-state index in [1.807, 2.05) is 7.05 Å². The van der Waals surface area contributed by atoms with Gasteiger partial charge in [-0.2, -0.15) is 5.10 Å². The first kappa shape index (κ1) is 12.9. The molecule has 0 unspecified atom stereocenters.